The molecule has 0 aromatic heterocycles. The molecule has 0 saturated heterocycles. The van der Waals surface area contributed by atoms with Gasteiger partial charge in [0, 0.05) is 42.7 Å². The number of aliphatic hydroxyl groups is 1. The summed E-state index contributed by atoms with van der Waals surface area (Å²) in [5.74, 6) is 5.16. The maximum atomic E-state index is 11.7. The zero-order valence-corrected chi connectivity index (χ0v) is 24.7. The highest BCUT2D eigenvalue weighted by atomic mass is 32.2. The molecule has 0 radical (unpaired) electrons. The van der Waals surface area contributed by atoms with Crippen molar-refractivity contribution in [3.05, 3.63) is 0 Å². The Bertz CT molecular complexity index is 372. The summed E-state index contributed by atoms with van der Waals surface area (Å²) in [4.78, 5) is 21.9. The Balaban J connectivity index is 3.11. The molecule has 0 amide bonds. The molecule has 0 aromatic rings. The van der Waals surface area contributed by atoms with Gasteiger partial charge in [-0.05, 0) is 17.9 Å². The maximum absolute atomic E-state index is 11.7. The molecular weight excluding hydrogens is 553 g/mol. The van der Waals surface area contributed by atoms with E-state index in [0.29, 0.717) is 25.6 Å². The van der Waals surface area contributed by atoms with Crippen LogP contribution in [-0.4, -0.2) is 91.0 Å². The number of hydrogen-bond acceptors (Lipinski definition) is 13. The van der Waals surface area contributed by atoms with E-state index in [0.717, 1.165) is 54.9 Å². The summed E-state index contributed by atoms with van der Waals surface area (Å²) in [6.45, 7) is 3.55. The van der Waals surface area contributed by atoms with Crippen LogP contribution in [0.5, 0.6) is 0 Å². The van der Waals surface area contributed by atoms with Gasteiger partial charge in [-0.25, -0.2) is 9.78 Å². The zero-order chi connectivity index (χ0) is 22.7. The number of ether oxygens (including phenoxy) is 1. The van der Waals surface area contributed by atoms with E-state index in [1.807, 2.05) is 58.8 Å². The van der Waals surface area contributed by atoms with Crippen LogP contribution in [0.3, 0.4) is 0 Å². The van der Waals surface area contributed by atoms with E-state index < -0.39 is 0 Å². The molecule has 0 fully saturated rings. The Hall–Kier alpha value is 2.15. The van der Waals surface area contributed by atoms with E-state index >= 15 is 0 Å². The minimum Gasteiger partial charge on any atom is -0.465 e. The molecule has 31 heavy (non-hydrogen) atoms. The highest BCUT2D eigenvalue weighted by Crippen LogP contribution is 2.19. The van der Waals surface area contributed by atoms with Crippen LogP contribution in [-0.2, 0) is 19.3 Å². The molecule has 0 heterocycles. The number of hydrogen-bond donors (Lipinski definition) is 1. The second-order valence-corrected chi connectivity index (χ2v) is 15.9. The Morgan fingerprint density at radius 3 is 2.10 bits per heavy atom. The summed E-state index contributed by atoms with van der Waals surface area (Å²) in [5.41, 5.74) is 0. The quantitative estimate of drug-likeness (QED) is 0.0430. The van der Waals surface area contributed by atoms with Crippen molar-refractivity contribution in [1.82, 2.24) is 0 Å². The van der Waals surface area contributed by atoms with E-state index in [1.54, 1.807) is 35.3 Å². The third kappa shape index (κ3) is 30.1. The van der Waals surface area contributed by atoms with Gasteiger partial charge in [0.15, 0.2) is 0 Å². The van der Waals surface area contributed by atoms with Crippen molar-refractivity contribution >= 4 is 100 Å². The van der Waals surface area contributed by atoms with Crippen LogP contribution in [0, 0.1) is 0 Å². The maximum Gasteiger partial charge on any atom is 0.306 e. The summed E-state index contributed by atoms with van der Waals surface area (Å²) in [6.07, 6.45) is 1.48. The normalized spacial score (nSPS) is 11.2. The van der Waals surface area contributed by atoms with Gasteiger partial charge in [-0.3, -0.25) is 4.79 Å². The van der Waals surface area contributed by atoms with Gasteiger partial charge in [0.1, 0.15) is 12.5 Å². The predicted molar refractivity (Wildman–Crippen MR) is 154 cm³/mol. The van der Waals surface area contributed by atoms with Crippen molar-refractivity contribution < 1.29 is 24.4 Å². The molecule has 0 spiro atoms. The summed E-state index contributed by atoms with van der Waals surface area (Å²) in [5, 5.41) is 13.8. The molecule has 0 saturated carbocycles. The van der Waals surface area contributed by atoms with Gasteiger partial charge in [-0.15, -0.1) is 58.8 Å². The molecule has 0 rings (SSSR count). The Morgan fingerprint density at radius 2 is 1.35 bits per heavy atom. The lowest BCUT2D eigenvalue weighted by Crippen LogP contribution is -2.08. The predicted octanol–water partition coefficient (Wildman–Crippen LogP) is 5.88. The number of aliphatic hydroxyl groups excluding tert-OH is 1. The molecule has 5 nitrogen and oxygen atoms in total. The molecule has 13 heteroatoms. The summed E-state index contributed by atoms with van der Waals surface area (Å²) in [6, 6.07) is 0. The third-order valence-corrected chi connectivity index (χ3v) is 12.3. The third-order valence-electron chi connectivity index (χ3n) is 2.95. The van der Waals surface area contributed by atoms with Gasteiger partial charge in [0.05, 0.1) is 19.6 Å². The highest BCUT2D eigenvalue weighted by Gasteiger charge is 2.03. The lowest BCUT2D eigenvalue weighted by Gasteiger charge is -2.05. The average molecular weight is 589 g/mol. The molecule has 0 aromatic carbocycles. The van der Waals surface area contributed by atoms with Crippen molar-refractivity contribution in [2.24, 2.45) is 0 Å². The van der Waals surface area contributed by atoms with Gasteiger partial charge in [-0.2, -0.15) is 35.3 Å². The van der Waals surface area contributed by atoms with Crippen LogP contribution >= 0.6 is 94.1 Å². The van der Waals surface area contributed by atoms with E-state index in [-0.39, 0.29) is 12.6 Å². The minimum absolute atomic E-state index is 0.0776. The fourth-order valence-electron chi connectivity index (χ4n) is 1.57. The van der Waals surface area contributed by atoms with Gasteiger partial charge in [0.25, 0.3) is 0 Å². The Morgan fingerprint density at radius 1 is 0.710 bits per heavy atom. The first-order valence-electron chi connectivity index (χ1n) is 9.94. The standard InChI is InChI=1S/C18H36O5S8/c1-2-24-13-30-17-28-11-7-21-18(20)4-9-26-16-31-15-25-8-3-6-22-23-12-29-14-27-10-5-19/h19H,2-17H2,1H3. The second-order valence-electron chi connectivity index (χ2n) is 5.43. The van der Waals surface area contributed by atoms with Gasteiger partial charge in [0.2, 0.25) is 0 Å². The molecule has 186 valence electrons. The highest BCUT2D eigenvalue weighted by molar-refractivity contribution is 8.23. The van der Waals surface area contributed by atoms with Crippen LogP contribution in [0.2, 0.25) is 0 Å². The van der Waals surface area contributed by atoms with Crippen LogP contribution < -0.4 is 0 Å². The zero-order valence-electron chi connectivity index (χ0n) is 18.2. The van der Waals surface area contributed by atoms with Crippen molar-refractivity contribution in [2.45, 2.75) is 19.8 Å². The van der Waals surface area contributed by atoms with Crippen molar-refractivity contribution in [3.8, 4) is 0 Å². The first-order chi connectivity index (χ1) is 15.3. The van der Waals surface area contributed by atoms with Crippen molar-refractivity contribution in [3.63, 3.8) is 0 Å². The molecule has 1 N–H and O–H groups in total. The SMILES string of the molecule is CCSCSCSCCOC(=O)CCSCSCSCCCOOCSCSCCO. The molecular formula is C18H36O5S8. The first-order valence-corrected chi connectivity index (χ1v) is 19.2. The van der Waals surface area contributed by atoms with Crippen LogP contribution in [0.25, 0.3) is 0 Å². The fraction of sp³-hybridized carbons (Fsp3) is 0.944. The van der Waals surface area contributed by atoms with Crippen LogP contribution in [0.4, 0.5) is 0 Å². The van der Waals surface area contributed by atoms with Gasteiger partial charge in [-0.1, -0.05) is 6.92 Å². The molecule has 0 unspecified atom stereocenters. The Kier molecular flexibility index (Phi) is 32.3. The molecule has 0 aliphatic carbocycles. The molecule has 0 bridgehead atoms. The van der Waals surface area contributed by atoms with E-state index in [1.165, 1.54) is 5.75 Å². The summed E-state index contributed by atoms with van der Waals surface area (Å²) >= 11 is 14.6. The van der Waals surface area contributed by atoms with E-state index in [4.69, 9.17) is 19.6 Å². The lowest BCUT2D eigenvalue weighted by atomic mass is 10.5. The van der Waals surface area contributed by atoms with Gasteiger partial charge >= 0.3 is 5.97 Å². The lowest BCUT2D eigenvalue weighted by molar-refractivity contribution is -0.278. The monoisotopic (exact) mass is 588 g/mol. The fourth-order valence-corrected chi connectivity index (χ4v) is 9.62. The topological polar surface area (TPSA) is 65.0 Å². The second kappa shape index (κ2) is 30.2. The summed E-state index contributed by atoms with van der Waals surface area (Å²) < 4.78 is 5.27. The van der Waals surface area contributed by atoms with Crippen molar-refractivity contribution in [2.75, 3.05) is 79.9 Å². The number of carbonyl (C=O) groups is 1. The largest absolute Gasteiger partial charge is 0.465 e. The summed E-state index contributed by atoms with van der Waals surface area (Å²) in [7, 11) is 0. The van der Waals surface area contributed by atoms with E-state index in [2.05, 4.69) is 6.92 Å². The van der Waals surface area contributed by atoms with Crippen molar-refractivity contribution in [1.29, 1.82) is 0 Å². The first kappa shape index (κ1) is 33.1. The molecule has 0 aliphatic rings. The smallest absolute Gasteiger partial charge is 0.306 e. The number of carbonyl (C=O) groups excluding carboxylic acids is 1. The molecule has 0 atom stereocenters. The number of esters is 1. The minimum atomic E-state index is -0.0776. The Labute approximate surface area is 222 Å². The average Bonchev–Trinajstić information content (AvgIpc) is 2.77. The molecule has 0 aliphatic heterocycles. The van der Waals surface area contributed by atoms with E-state index in [9.17, 15) is 4.79 Å². The number of rotatable bonds is 26. The van der Waals surface area contributed by atoms with Crippen LogP contribution in [0.15, 0.2) is 0 Å². The number of thioether (sulfide) groups is 8. The van der Waals surface area contributed by atoms with Gasteiger partial charge < -0.3 is 9.84 Å². The van der Waals surface area contributed by atoms with Crippen LogP contribution in [0.1, 0.15) is 19.8 Å².